The molecule has 0 saturated carbocycles. The lowest BCUT2D eigenvalue weighted by atomic mass is 10.00. The van der Waals surface area contributed by atoms with Crippen molar-refractivity contribution < 1.29 is 9.90 Å². The Bertz CT molecular complexity index is 149. The summed E-state index contributed by atoms with van der Waals surface area (Å²) in [7, 11) is 1.82. The molecule has 64 valence electrons. The molecule has 2 N–H and O–H groups in total. The predicted molar refractivity (Wildman–Crippen MR) is 41.0 cm³/mol. The molecule has 1 atom stereocenters. The summed E-state index contributed by atoms with van der Waals surface area (Å²) in [5, 5.41) is 10.6. The molecule has 0 aromatic rings. The topological polar surface area (TPSA) is 52.6 Å². The largest absolute Gasteiger partial charge is 0.481 e. The van der Waals surface area contributed by atoms with E-state index in [9.17, 15) is 4.79 Å². The van der Waals surface area contributed by atoms with Crippen LogP contribution in [0.25, 0.3) is 0 Å². The van der Waals surface area contributed by atoms with Crippen molar-refractivity contribution in [3.05, 3.63) is 0 Å². The lowest BCUT2D eigenvalue weighted by Crippen LogP contribution is -2.44. The summed E-state index contributed by atoms with van der Waals surface area (Å²) in [6.07, 6.45) is 1.78. The number of rotatable bonds is 2. The van der Waals surface area contributed by atoms with Gasteiger partial charge in [-0.2, -0.15) is 0 Å². The number of carboxylic acid groups (broad SMARTS) is 1. The minimum absolute atomic E-state index is 0.184. The number of carboxylic acids is 1. The van der Waals surface area contributed by atoms with Gasteiger partial charge in [-0.15, -0.1) is 0 Å². The van der Waals surface area contributed by atoms with Crippen molar-refractivity contribution in [3.63, 3.8) is 0 Å². The van der Waals surface area contributed by atoms with E-state index in [-0.39, 0.29) is 5.92 Å². The van der Waals surface area contributed by atoms with Crippen molar-refractivity contribution in [1.82, 2.24) is 10.4 Å². The highest BCUT2D eigenvalue weighted by molar-refractivity contribution is 5.70. The Kier molecular flexibility index (Phi) is 2.84. The van der Waals surface area contributed by atoms with Crippen molar-refractivity contribution in [3.8, 4) is 0 Å². The summed E-state index contributed by atoms with van der Waals surface area (Å²) in [5.41, 5.74) is 2.96. The predicted octanol–water partition coefficient (Wildman–Crippen LogP) is -0.0826. The van der Waals surface area contributed by atoms with Crippen molar-refractivity contribution >= 4 is 5.97 Å². The molecule has 0 amide bonds. The van der Waals surface area contributed by atoms with Gasteiger partial charge in [0, 0.05) is 13.1 Å². The first-order valence-corrected chi connectivity index (χ1v) is 3.89. The van der Waals surface area contributed by atoms with Gasteiger partial charge in [0.2, 0.25) is 0 Å². The molecule has 0 spiro atoms. The number of aliphatic carboxylic acids is 1. The second kappa shape index (κ2) is 3.69. The van der Waals surface area contributed by atoms with E-state index < -0.39 is 5.97 Å². The molecule has 0 aromatic heterocycles. The molecular formula is C7H14N2O2. The molecular weight excluding hydrogens is 144 g/mol. The van der Waals surface area contributed by atoms with Gasteiger partial charge in [-0.25, -0.2) is 5.01 Å². The van der Waals surface area contributed by atoms with Crippen LogP contribution >= 0.6 is 0 Å². The van der Waals surface area contributed by atoms with Crippen molar-refractivity contribution in [2.24, 2.45) is 5.92 Å². The molecule has 0 aliphatic carbocycles. The van der Waals surface area contributed by atoms with Crippen molar-refractivity contribution in [1.29, 1.82) is 0 Å². The summed E-state index contributed by atoms with van der Waals surface area (Å²) in [4.78, 5) is 10.6. The van der Waals surface area contributed by atoms with E-state index in [2.05, 4.69) is 5.43 Å². The average molecular weight is 158 g/mol. The Balaban J connectivity index is 2.39. The van der Waals surface area contributed by atoms with Crippen molar-refractivity contribution in [2.75, 3.05) is 20.1 Å². The van der Waals surface area contributed by atoms with Crippen molar-refractivity contribution in [2.45, 2.75) is 12.8 Å². The third-order valence-electron chi connectivity index (χ3n) is 2.09. The van der Waals surface area contributed by atoms with Crippen LogP contribution in [0.5, 0.6) is 0 Å². The lowest BCUT2D eigenvalue weighted by Gasteiger charge is -2.29. The maximum absolute atomic E-state index is 10.6. The van der Waals surface area contributed by atoms with Gasteiger partial charge in [-0.1, -0.05) is 0 Å². The van der Waals surface area contributed by atoms with Gasteiger partial charge >= 0.3 is 5.97 Å². The molecule has 1 heterocycles. The zero-order valence-electron chi connectivity index (χ0n) is 6.71. The van der Waals surface area contributed by atoms with Gasteiger partial charge in [0.15, 0.2) is 0 Å². The monoisotopic (exact) mass is 158 g/mol. The molecule has 1 aliphatic heterocycles. The van der Waals surface area contributed by atoms with Crippen LogP contribution in [0.1, 0.15) is 12.8 Å². The highest BCUT2D eigenvalue weighted by Crippen LogP contribution is 2.14. The first-order valence-electron chi connectivity index (χ1n) is 3.89. The van der Waals surface area contributed by atoms with Crippen LogP contribution in [-0.2, 0) is 4.79 Å². The molecule has 11 heavy (non-hydrogen) atoms. The Morgan fingerprint density at radius 2 is 2.45 bits per heavy atom. The maximum atomic E-state index is 10.6. The fraction of sp³-hybridized carbons (Fsp3) is 0.857. The van der Waals surface area contributed by atoms with E-state index in [0.29, 0.717) is 6.54 Å². The summed E-state index contributed by atoms with van der Waals surface area (Å²) >= 11 is 0. The van der Waals surface area contributed by atoms with Crippen LogP contribution in [0.3, 0.4) is 0 Å². The van der Waals surface area contributed by atoms with E-state index in [4.69, 9.17) is 5.11 Å². The standard InChI is InChI=1S/C7H14N2O2/c1-8-9-4-2-3-6(5-9)7(10)11/h6,8H,2-5H2,1H3,(H,10,11). The smallest absolute Gasteiger partial charge is 0.307 e. The van der Waals surface area contributed by atoms with E-state index in [0.717, 1.165) is 19.4 Å². The fourth-order valence-electron chi connectivity index (χ4n) is 1.38. The maximum Gasteiger partial charge on any atom is 0.307 e. The first kappa shape index (κ1) is 8.49. The second-order valence-corrected chi connectivity index (χ2v) is 2.85. The first-order chi connectivity index (χ1) is 5.24. The zero-order chi connectivity index (χ0) is 8.27. The number of nitrogens with zero attached hydrogens (tertiary/aromatic N) is 1. The molecule has 1 fully saturated rings. The van der Waals surface area contributed by atoms with Gasteiger partial charge < -0.3 is 5.11 Å². The Morgan fingerprint density at radius 1 is 1.73 bits per heavy atom. The molecule has 1 aliphatic rings. The lowest BCUT2D eigenvalue weighted by molar-refractivity contribution is -0.144. The third kappa shape index (κ3) is 2.17. The van der Waals surface area contributed by atoms with Crippen LogP contribution in [-0.4, -0.2) is 36.2 Å². The second-order valence-electron chi connectivity index (χ2n) is 2.85. The van der Waals surface area contributed by atoms with Gasteiger partial charge in [-0.3, -0.25) is 10.2 Å². The zero-order valence-corrected chi connectivity index (χ0v) is 6.71. The highest BCUT2D eigenvalue weighted by Gasteiger charge is 2.24. The SMILES string of the molecule is CNN1CCCC(C(=O)O)C1. The average Bonchev–Trinajstić information content (AvgIpc) is 2.05. The minimum atomic E-state index is -0.676. The fourth-order valence-corrected chi connectivity index (χ4v) is 1.38. The summed E-state index contributed by atoms with van der Waals surface area (Å²) in [5.74, 6) is -0.860. The number of carbonyl (C=O) groups is 1. The Morgan fingerprint density at radius 3 is 3.00 bits per heavy atom. The molecule has 1 saturated heterocycles. The van der Waals surface area contributed by atoms with Gasteiger partial charge in [0.25, 0.3) is 0 Å². The summed E-state index contributed by atoms with van der Waals surface area (Å²) < 4.78 is 0. The van der Waals surface area contributed by atoms with Crippen LogP contribution in [0.15, 0.2) is 0 Å². The highest BCUT2D eigenvalue weighted by atomic mass is 16.4. The van der Waals surface area contributed by atoms with Crippen LogP contribution in [0, 0.1) is 5.92 Å². The summed E-state index contributed by atoms with van der Waals surface area (Å²) in [6.45, 7) is 1.59. The van der Waals surface area contributed by atoms with E-state index in [1.807, 2.05) is 12.1 Å². The quantitative estimate of drug-likeness (QED) is 0.590. The van der Waals surface area contributed by atoms with E-state index in [1.165, 1.54) is 0 Å². The molecule has 4 heteroatoms. The molecule has 0 aromatic carbocycles. The van der Waals surface area contributed by atoms with Gasteiger partial charge in [0.05, 0.1) is 5.92 Å². The Labute approximate surface area is 66.2 Å². The molecule has 0 bridgehead atoms. The van der Waals surface area contributed by atoms with E-state index in [1.54, 1.807) is 0 Å². The number of piperidine rings is 1. The number of hydrazine groups is 1. The number of hydrogen-bond acceptors (Lipinski definition) is 3. The Hall–Kier alpha value is -0.610. The number of hydrogen-bond donors (Lipinski definition) is 2. The number of nitrogens with one attached hydrogen (secondary N) is 1. The molecule has 1 unspecified atom stereocenters. The van der Waals surface area contributed by atoms with Crippen LogP contribution < -0.4 is 5.43 Å². The van der Waals surface area contributed by atoms with Gasteiger partial charge in [0.1, 0.15) is 0 Å². The van der Waals surface area contributed by atoms with Crippen LogP contribution in [0.2, 0.25) is 0 Å². The summed E-state index contributed by atoms with van der Waals surface area (Å²) in [6, 6.07) is 0. The third-order valence-corrected chi connectivity index (χ3v) is 2.09. The van der Waals surface area contributed by atoms with Crippen LogP contribution in [0.4, 0.5) is 0 Å². The molecule has 0 radical (unpaired) electrons. The minimum Gasteiger partial charge on any atom is -0.481 e. The molecule has 1 rings (SSSR count). The normalized spacial score (nSPS) is 26.8. The van der Waals surface area contributed by atoms with Gasteiger partial charge in [-0.05, 0) is 19.9 Å². The van der Waals surface area contributed by atoms with E-state index >= 15 is 0 Å². The molecule has 4 nitrogen and oxygen atoms in total.